The normalized spacial score (nSPS) is 24.7. The van der Waals surface area contributed by atoms with E-state index >= 15 is 0 Å². The standard InChI is InChI=1S/C44H62/c1-9-14-40(15-10-2)44(24-25-44)31(5)18-23-41-32(6)33(7)42(37-21-19-35(11-3)20-22-37)29-43(41)39-27-30(4)26-38(28-39)34(8)36-16-12-13-17-36/h18-23,27-28,30,34,36,40,43H,5,9-17,24-26,29H2,1-4,6-8H3/b23-18-. The van der Waals surface area contributed by atoms with Gasteiger partial charge in [0.25, 0.3) is 0 Å². The van der Waals surface area contributed by atoms with Crippen LogP contribution in [0.15, 0.2) is 88.6 Å². The molecule has 5 rings (SSSR count). The van der Waals surface area contributed by atoms with Gasteiger partial charge in [-0.15, -0.1) is 0 Å². The molecule has 0 radical (unpaired) electrons. The van der Waals surface area contributed by atoms with Gasteiger partial charge in [-0.05, 0) is 145 Å². The summed E-state index contributed by atoms with van der Waals surface area (Å²) >= 11 is 0. The van der Waals surface area contributed by atoms with E-state index in [1.54, 1.807) is 11.1 Å². The molecule has 4 aliphatic rings. The Labute approximate surface area is 271 Å². The lowest BCUT2D eigenvalue weighted by atomic mass is 9.70. The van der Waals surface area contributed by atoms with Crippen LogP contribution in [0, 0.1) is 35.0 Å². The van der Waals surface area contributed by atoms with Crippen molar-refractivity contribution in [2.24, 2.45) is 35.0 Å². The average molecular weight is 591 g/mol. The van der Waals surface area contributed by atoms with Gasteiger partial charge < -0.3 is 0 Å². The quantitative estimate of drug-likeness (QED) is 0.200. The molecule has 2 fully saturated rings. The second-order valence-corrected chi connectivity index (χ2v) is 15.2. The molecule has 0 N–H and O–H groups in total. The molecule has 0 spiro atoms. The monoisotopic (exact) mass is 590 g/mol. The zero-order valence-corrected chi connectivity index (χ0v) is 29.4. The van der Waals surface area contributed by atoms with E-state index in [4.69, 9.17) is 6.58 Å². The van der Waals surface area contributed by atoms with Crippen LogP contribution < -0.4 is 0 Å². The number of benzene rings is 1. The van der Waals surface area contributed by atoms with Crippen molar-refractivity contribution in [1.29, 1.82) is 0 Å². The SMILES string of the molecule is C=C(/C=C\C1=C(C)C(C)=C(c2ccc(CC)cc2)CC1C1=CC(C)CC(C(C)C2CCCC2)=C1)C1(C(CCC)CCC)CC1. The third-order valence-corrected chi connectivity index (χ3v) is 12.4. The van der Waals surface area contributed by atoms with Gasteiger partial charge in [0.05, 0.1) is 0 Å². The number of aryl methyl sites for hydroxylation is 1. The zero-order valence-electron chi connectivity index (χ0n) is 29.4. The molecule has 238 valence electrons. The van der Waals surface area contributed by atoms with E-state index in [2.05, 4.69) is 97.0 Å². The molecule has 0 heteroatoms. The summed E-state index contributed by atoms with van der Waals surface area (Å²) in [7, 11) is 0. The number of rotatable bonds is 13. The first-order valence-electron chi connectivity index (χ1n) is 18.5. The van der Waals surface area contributed by atoms with Crippen molar-refractivity contribution in [2.45, 2.75) is 132 Å². The Bertz CT molecular complexity index is 1320. The van der Waals surface area contributed by atoms with Crippen molar-refractivity contribution >= 4 is 5.57 Å². The second kappa shape index (κ2) is 14.4. The minimum Gasteiger partial charge on any atom is -0.0953 e. The molecule has 4 aliphatic carbocycles. The largest absolute Gasteiger partial charge is 0.0953 e. The van der Waals surface area contributed by atoms with E-state index < -0.39 is 0 Å². The third-order valence-electron chi connectivity index (χ3n) is 12.4. The van der Waals surface area contributed by atoms with Gasteiger partial charge in [-0.25, -0.2) is 0 Å². The predicted molar refractivity (Wildman–Crippen MR) is 194 cm³/mol. The highest BCUT2D eigenvalue weighted by Gasteiger charge is 2.49. The number of allylic oxidation sites excluding steroid dienone is 11. The fraction of sp³-hybridized carbons (Fsp3) is 0.591. The molecule has 1 aromatic carbocycles. The minimum atomic E-state index is 0.348. The molecular formula is C44H62. The Balaban J connectivity index is 1.52. The summed E-state index contributed by atoms with van der Waals surface area (Å²) in [5, 5.41) is 0. The van der Waals surface area contributed by atoms with Gasteiger partial charge >= 0.3 is 0 Å². The maximum atomic E-state index is 4.76. The van der Waals surface area contributed by atoms with Crippen LogP contribution in [0.3, 0.4) is 0 Å². The number of hydrogen-bond acceptors (Lipinski definition) is 0. The molecule has 0 bridgehead atoms. The maximum Gasteiger partial charge on any atom is 0.0130 e. The van der Waals surface area contributed by atoms with E-state index in [1.807, 2.05) is 0 Å². The van der Waals surface area contributed by atoms with Gasteiger partial charge in [0.15, 0.2) is 0 Å². The van der Waals surface area contributed by atoms with Crippen LogP contribution >= 0.6 is 0 Å². The topological polar surface area (TPSA) is 0 Å². The molecule has 2 saturated carbocycles. The molecule has 0 nitrogen and oxygen atoms in total. The van der Waals surface area contributed by atoms with E-state index in [0.29, 0.717) is 23.2 Å². The third kappa shape index (κ3) is 6.90. The summed E-state index contributed by atoms with van der Waals surface area (Å²) in [5.74, 6) is 3.37. The first-order chi connectivity index (χ1) is 21.2. The van der Waals surface area contributed by atoms with E-state index in [1.165, 1.54) is 110 Å². The van der Waals surface area contributed by atoms with Gasteiger partial charge in [0.2, 0.25) is 0 Å². The van der Waals surface area contributed by atoms with Crippen molar-refractivity contribution in [1.82, 2.24) is 0 Å². The predicted octanol–water partition coefficient (Wildman–Crippen LogP) is 13.2. The van der Waals surface area contributed by atoms with Crippen LogP contribution in [0.2, 0.25) is 0 Å². The van der Waals surface area contributed by atoms with Gasteiger partial charge in [-0.3, -0.25) is 0 Å². The molecule has 0 aromatic heterocycles. The highest BCUT2D eigenvalue weighted by molar-refractivity contribution is 5.76. The first kappa shape index (κ1) is 33.0. The lowest BCUT2D eigenvalue weighted by molar-refractivity contribution is 0.311. The Kier molecular flexibility index (Phi) is 10.8. The molecular weight excluding hydrogens is 528 g/mol. The van der Waals surface area contributed by atoms with Gasteiger partial charge in [0, 0.05) is 5.92 Å². The number of hydrogen-bond donors (Lipinski definition) is 0. The molecule has 0 amide bonds. The molecule has 3 unspecified atom stereocenters. The highest BCUT2D eigenvalue weighted by atomic mass is 14.5. The molecule has 1 aromatic rings. The van der Waals surface area contributed by atoms with Gasteiger partial charge in [-0.2, -0.15) is 0 Å². The van der Waals surface area contributed by atoms with Crippen LogP contribution in [0.4, 0.5) is 0 Å². The lowest BCUT2D eigenvalue weighted by Gasteiger charge is -2.34. The van der Waals surface area contributed by atoms with E-state index in [9.17, 15) is 0 Å². The summed E-state index contributed by atoms with van der Waals surface area (Å²) in [5.41, 5.74) is 13.9. The lowest BCUT2D eigenvalue weighted by Crippen LogP contribution is -2.20. The Morgan fingerprint density at radius 1 is 0.955 bits per heavy atom. The Morgan fingerprint density at radius 3 is 2.20 bits per heavy atom. The zero-order chi connectivity index (χ0) is 31.4. The molecule has 0 aliphatic heterocycles. The van der Waals surface area contributed by atoms with Crippen LogP contribution in [0.1, 0.15) is 137 Å². The molecule has 3 atom stereocenters. The van der Waals surface area contributed by atoms with E-state index in [-0.39, 0.29) is 0 Å². The summed E-state index contributed by atoms with van der Waals surface area (Å²) in [6.07, 6.45) is 27.3. The van der Waals surface area contributed by atoms with Crippen LogP contribution in [0.25, 0.3) is 5.57 Å². The average Bonchev–Trinajstić information content (AvgIpc) is 3.66. The van der Waals surface area contributed by atoms with Crippen molar-refractivity contribution < 1.29 is 0 Å². The van der Waals surface area contributed by atoms with Crippen LogP contribution in [-0.4, -0.2) is 0 Å². The van der Waals surface area contributed by atoms with Crippen molar-refractivity contribution in [2.75, 3.05) is 0 Å². The van der Waals surface area contributed by atoms with E-state index in [0.717, 1.165) is 24.7 Å². The summed E-state index contributed by atoms with van der Waals surface area (Å²) < 4.78 is 0. The van der Waals surface area contributed by atoms with Crippen LogP contribution in [-0.2, 0) is 6.42 Å². The molecule has 44 heavy (non-hydrogen) atoms. The summed E-state index contributed by atoms with van der Waals surface area (Å²) in [6, 6.07) is 9.43. The summed E-state index contributed by atoms with van der Waals surface area (Å²) in [6.45, 7) is 21.5. The maximum absolute atomic E-state index is 4.76. The highest BCUT2D eigenvalue weighted by Crippen LogP contribution is 2.60. The minimum absolute atomic E-state index is 0.348. The summed E-state index contributed by atoms with van der Waals surface area (Å²) in [4.78, 5) is 0. The smallest absolute Gasteiger partial charge is 0.0130 e. The van der Waals surface area contributed by atoms with Gasteiger partial charge in [0.1, 0.15) is 0 Å². The molecule has 0 heterocycles. The first-order valence-corrected chi connectivity index (χ1v) is 18.5. The second-order valence-electron chi connectivity index (χ2n) is 15.2. The van der Waals surface area contributed by atoms with Crippen molar-refractivity contribution in [3.63, 3.8) is 0 Å². The van der Waals surface area contributed by atoms with Gasteiger partial charge in [-0.1, -0.05) is 121 Å². The van der Waals surface area contributed by atoms with Crippen LogP contribution in [0.5, 0.6) is 0 Å². The van der Waals surface area contributed by atoms with Crippen molar-refractivity contribution in [3.8, 4) is 0 Å². The Morgan fingerprint density at radius 2 is 1.61 bits per heavy atom. The molecule has 0 saturated heterocycles. The fourth-order valence-corrected chi connectivity index (χ4v) is 9.24. The Hall–Kier alpha value is -2.34. The van der Waals surface area contributed by atoms with Crippen molar-refractivity contribution in [3.05, 3.63) is 99.7 Å². The fourth-order valence-electron chi connectivity index (χ4n) is 9.24.